The third-order valence-electron chi connectivity index (χ3n) is 4.09. The number of rotatable bonds is 4. The lowest BCUT2D eigenvalue weighted by Crippen LogP contribution is -2.47. The van der Waals surface area contributed by atoms with Gasteiger partial charge in [-0.2, -0.15) is 0 Å². The van der Waals surface area contributed by atoms with Gasteiger partial charge < -0.3 is 15.8 Å². The number of nitrogens with two attached hydrogens (primary N) is 1. The molecular weight excluding hydrogens is 288 g/mol. The Morgan fingerprint density at radius 1 is 1.33 bits per heavy atom. The fourth-order valence-electron chi connectivity index (χ4n) is 2.75. The van der Waals surface area contributed by atoms with Gasteiger partial charge in [0.2, 0.25) is 5.91 Å². The van der Waals surface area contributed by atoms with Crippen molar-refractivity contribution >= 4 is 18.3 Å². The molecule has 118 valence electrons. The highest BCUT2D eigenvalue weighted by Gasteiger charge is 2.27. The van der Waals surface area contributed by atoms with Gasteiger partial charge in [0.25, 0.3) is 0 Å². The average Bonchev–Trinajstić information content (AvgIpc) is 2.47. The summed E-state index contributed by atoms with van der Waals surface area (Å²) in [6.07, 6.45) is 1.74. The van der Waals surface area contributed by atoms with Gasteiger partial charge in [0.05, 0.1) is 12.1 Å². The number of hydrogen-bond acceptors (Lipinski definition) is 3. The number of aryl methyl sites for hydroxylation is 1. The molecule has 0 saturated carbocycles. The number of carbonyl (C=O) groups is 1. The van der Waals surface area contributed by atoms with E-state index in [9.17, 15) is 4.79 Å². The zero-order chi connectivity index (χ0) is 14.5. The minimum absolute atomic E-state index is 0. The second-order valence-corrected chi connectivity index (χ2v) is 5.56. The average molecular weight is 313 g/mol. The lowest BCUT2D eigenvalue weighted by atomic mass is 9.91. The number of halogens is 1. The van der Waals surface area contributed by atoms with Crippen molar-refractivity contribution in [3.8, 4) is 0 Å². The van der Waals surface area contributed by atoms with Crippen LogP contribution in [0.1, 0.15) is 36.9 Å². The fraction of sp³-hybridized carbons (Fsp3) is 0.562. The molecule has 0 bridgehead atoms. The van der Waals surface area contributed by atoms with Crippen LogP contribution in [0.4, 0.5) is 0 Å². The first-order chi connectivity index (χ1) is 9.59. The molecule has 0 radical (unpaired) electrons. The van der Waals surface area contributed by atoms with Gasteiger partial charge in [-0.1, -0.05) is 24.3 Å². The molecule has 0 aromatic heterocycles. The lowest BCUT2D eigenvalue weighted by Gasteiger charge is -2.28. The van der Waals surface area contributed by atoms with Crippen LogP contribution in [0.2, 0.25) is 0 Å². The summed E-state index contributed by atoms with van der Waals surface area (Å²) < 4.78 is 5.31. The molecule has 1 amide bonds. The standard InChI is InChI=1S/C16H24N2O2.ClH/c1-11-5-3-4-6-14(11)12(2)18-16(19)15(17)13-7-9-20-10-8-13;/h3-6,12-13,15H,7-10,17H2,1-2H3,(H,18,19);1H. The molecule has 1 aliphatic heterocycles. The van der Waals surface area contributed by atoms with Crippen molar-refractivity contribution < 1.29 is 9.53 Å². The van der Waals surface area contributed by atoms with Crippen LogP contribution in [-0.4, -0.2) is 25.2 Å². The quantitative estimate of drug-likeness (QED) is 0.897. The van der Waals surface area contributed by atoms with Crippen LogP contribution >= 0.6 is 12.4 Å². The van der Waals surface area contributed by atoms with Crippen LogP contribution in [0, 0.1) is 12.8 Å². The van der Waals surface area contributed by atoms with Crippen LogP contribution in [0.5, 0.6) is 0 Å². The summed E-state index contributed by atoms with van der Waals surface area (Å²) >= 11 is 0. The van der Waals surface area contributed by atoms with E-state index in [0.717, 1.165) is 18.4 Å². The van der Waals surface area contributed by atoms with Crippen molar-refractivity contribution in [2.45, 2.75) is 38.8 Å². The number of carbonyl (C=O) groups excluding carboxylic acids is 1. The molecule has 5 heteroatoms. The summed E-state index contributed by atoms with van der Waals surface area (Å²) in [4.78, 5) is 12.3. The minimum atomic E-state index is -0.439. The van der Waals surface area contributed by atoms with Gasteiger partial charge >= 0.3 is 0 Å². The Balaban J connectivity index is 0.00000220. The van der Waals surface area contributed by atoms with Crippen LogP contribution < -0.4 is 11.1 Å². The Bertz CT molecular complexity index is 461. The first kappa shape index (κ1) is 18.0. The maximum absolute atomic E-state index is 12.3. The van der Waals surface area contributed by atoms with E-state index in [0.29, 0.717) is 13.2 Å². The van der Waals surface area contributed by atoms with E-state index in [1.165, 1.54) is 5.56 Å². The maximum Gasteiger partial charge on any atom is 0.237 e. The monoisotopic (exact) mass is 312 g/mol. The van der Waals surface area contributed by atoms with E-state index in [4.69, 9.17) is 10.5 Å². The van der Waals surface area contributed by atoms with Crippen molar-refractivity contribution in [1.82, 2.24) is 5.32 Å². The third kappa shape index (κ3) is 4.70. The molecule has 1 aromatic rings. The molecule has 1 fully saturated rings. The van der Waals surface area contributed by atoms with E-state index in [-0.39, 0.29) is 30.3 Å². The van der Waals surface area contributed by atoms with E-state index >= 15 is 0 Å². The Morgan fingerprint density at radius 3 is 2.57 bits per heavy atom. The SMILES string of the molecule is Cc1ccccc1C(C)NC(=O)C(N)C1CCOCC1.Cl. The van der Waals surface area contributed by atoms with Crippen molar-refractivity contribution in [1.29, 1.82) is 0 Å². The zero-order valence-corrected chi connectivity index (χ0v) is 13.5. The molecule has 0 aliphatic carbocycles. The highest BCUT2D eigenvalue weighted by Crippen LogP contribution is 2.20. The predicted octanol–water partition coefficient (Wildman–Crippen LogP) is 2.35. The molecule has 1 aromatic carbocycles. The first-order valence-electron chi connectivity index (χ1n) is 7.29. The molecule has 2 unspecified atom stereocenters. The molecule has 1 aliphatic rings. The number of amides is 1. The number of hydrogen-bond donors (Lipinski definition) is 2. The van der Waals surface area contributed by atoms with Crippen LogP contribution in [0.25, 0.3) is 0 Å². The molecule has 1 heterocycles. The third-order valence-corrected chi connectivity index (χ3v) is 4.09. The Kier molecular flexibility index (Phi) is 7.15. The van der Waals surface area contributed by atoms with Gasteiger partial charge in [-0.15, -0.1) is 12.4 Å². The van der Waals surface area contributed by atoms with Crippen molar-refractivity contribution in [3.63, 3.8) is 0 Å². The second kappa shape index (κ2) is 8.37. The summed E-state index contributed by atoms with van der Waals surface area (Å²) in [5.41, 5.74) is 8.41. The summed E-state index contributed by atoms with van der Waals surface area (Å²) in [5.74, 6) is 0.167. The van der Waals surface area contributed by atoms with Crippen LogP contribution in [-0.2, 0) is 9.53 Å². The minimum Gasteiger partial charge on any atom is -0.381 e. The number of nitrogens with one attached hydrogen (secondary N) is 1. The van der Waals surface area contributed by atoms with Gasteiger partial charge in [-0.3, -0.25) is 4.79 Å². The molecule has 0 spiro atoms. The Morgan fingerprint density at radius 2 is 1.95 bits per heavy atom. The topological polar surface area (TPSA) is 64.4 Å². The van der Waals surface area contributed by atoms with Crippen molar-refractivity contribution in [2.24, 2.45) is 11.7 Å². The number of benzene rings is 1. The van der Waals surface area contributed by atoms with E-state index in [2.05, 4.69) is 18.3 Å². The fourth-order valence-corrected chi connectivity index (χ4v) is 2.75. The highest BCUT2D eigenvalue weighted by molar-refractivity contribution is 5.85. The molecule has 21 heavy (non-hydrogen) atoms. The Hall–Kier alpha value is -1.10. The van der Waals surface area contributed by atoms with Crippen molar-refractivity contribution in [2.75, 3.05) is 13.2 Å². The molecule has 3 N–H and O–H groups in total. The first-order valence-corrected chi connectivity index (χ1v) is 7.29. The van der Waals surface area contributed by atoms with E-state index in [1.54, 1.807) is 0 Å². The van der Waals surface area contributed by atoms with Gasteiger partial charge in [0.15, 0.2) is 0 Å². The molecule has 2 rings (SSSR count). The van der Waals surface area contributed by atoms with Crippen molar-refractivity contribution in [3.05, 3.63) is 35.4 Å². The Labute approximate surface area is 132 Å². The van der Waals surface area contributed by atoms with Crippen LogP contribution in [0.3, 0.4) is 0 Å². The summed E-state index contributed by atoms with van der Waals surface area (Å²) in [6, 6.07) is 7.63. The zero-order valence-electron chi connectivity index (χ0n) is 12.7. The normalized spacial score (nSPS) is 18.4. The van der Waals surface area contributed by atoms with Gasteiger partial charge in [-0.25, -0.2) is 0 Å². The van der Waals surface area contributed by atoms with Gasteiger partial charge in [0, 0.05) is 13.2 Å². The summed E-state index contributed by atoms with van der Waals surface area (Å²) in [7, 11) is 0. The largest absolute Gasteiger partial charge is 0.381 e. The van der Waals surface area contributed by atoms with Crippen LogP contribution in [0.15, 0.2) is 24.3 Å². The predicted molar refractivity (Wildman–Crippen MR) is 86.5 cm³/mol. The maximum atomic E-state index is 12.3. The lowest BCUT2D eigenvalue weighted by molar-refractivity contribution is -0.125. The van der Waals surface area contributed by atoms with Gasteiger partial charge in [0.1, 0.15) is 0 Å². The summed E-state index contributed by atoms with van der Waals surface area (Å²) in [6.45, 7) is 5.46. The van der Waals surface area contributed by atoms with E-state index < -0.39 is 6.04 Å². The number of ether oxygens (including phenoxy) is 1. The van der Waals surface area contributed by atoms with E-state index in [1.807, 2.05) is 25.1 Å². The molecule has 2 atom stereocenters. The molecule has 4 nitrogen and oxygen atoms in total. The molecular formula is C16H25ClN2O2. The summed E-state index contributed by atoms with van der Waals surface area (Å²) in [5, 5.41) is 3.03. The highest BCUT2D eigenvalue weighted by atomic mass is 35.5. The smallest absolute Gasteiger partial charge is 0.237 e. The second-order valence-electron chi connectivity index (χ2n) is 5.56. The van der Waals surface area contributed by atoms with Gasteiger partial charge in [-0.05, 0) is 43.7 Å². The molecule has 1 saturated heterocycles.